The molecular formula is C13H14N2O5S. The Morgan fingerprint density at radius 1 is 1.33 bits per heavy atom. The van der Waals surface area contributed by atoms with Crippen LogP contribution in [-0.4, -0.2) is 42.4 Å². The molecule has 0 fully saturated rings. The summed E-state index contributed by atoms with van der Waals surface area (Å²) in [5.74, 6) is -1.72. The first-order valence-corrected chi connectivity index (χ1v) is 7.54. The number of hydrogen-bond donors (Lipinski definition) is 1. The van der Waals surface area contributed by atoms with Crippen molar-refractivity contribution in [1.82, 2.24) is 9.29 Å². The van der Waals surface area contributed by atoms with Crippen molar-refractivity contribution in [3.63, 3.8) is 0 Å². The molecule has 1 N–H and O–H groups in total. The van der Waals surface area contributed by atoms with Crippen LogP contribution in [0.25, 0.3) is 0 Å². The van der Waals surface area contributed by atoms with Crippen molar-refractivity contribution in [2.45, 2.75) is 11.5 Å². The third-order valence-corrected chi connectivity index (χ3v) is 4.60. The summed E-state index contributed by atoms with van der Waals surface area (Å²) < 4.78 is 30.4. The van der Waals surface area contributed by atoms with Gasteiger partial charge < -0.3 is 9.52 Å². The van der Waals surface area contributed by atoms with Gasteiger partial charge in [0.05, 0.1) is 0 Å². The third-order valence-electron chi connectivity index (χ3n) is 2.87. The topological polar surface area (TPSA) is 101 Å². The number of aromatic nitrogens is 1. The molecule has 21 heavy (non-hydrogen) atoms. The number of likely N-dealkylation sites (N-methyl/N-ethyl adjacent to an activating group) is 1. The molecule has 0 aliphatic heterocycles. The molecule has 0 unspecified atom stereocenters. The summed E-state index contributed by atoms with van der Waals surface area (Å²) in [6.07, 6.45) is 2.08. The lowest BCUT2D eigenvalue weighted by atomic mass is 10.3. The SMILES string of the molecule is CN(CCc1ccccn1)S(=O)(=O)c1ccc(C(=O)O)o1. The van der Waals surface area contributed by atoms with Crippen LogP contribution in [0, 0.1) is 0 Å². The van der Waals surface area contributed by atoms with E-state index in [9.17, 15) is 13.2 Å². The highest BCUT2D eigenvalue weighted by atomic mass is 32.2. The Bertz CT molecular complexity index is 724. The van der Waals surface area contributed by atoms with E-state index in [0.29, 0.717) is 6.42 Å². The van der Waals surface area contributed by atoms with Gasteiger partial charge in [0.1, 0.15) is 0 Å². The van der Waals surface area contributed by atoms with E-state index in [4.69, 9.17) is 9.52 Å². The van der Waals surface area contributed by atoms with Crippen molar-refractivity contribution in [3.05, 3.63) is 48.0 Å². The number of aromatic carboxylic acids is 1. The second kappa shape index (κ2) is 6.06. The van der Waals surface area contributed by atoms with Crippen LogP contribution in [-0.2, 0) is 16.4 Å². The van der Waals surface area contributed by atoms with Gasteiger partial charge in [0.2, 0.25) is 10.9 Å². The van der Waals surface area contributed by atoms with E-state index in [-0.39, 0.29) is 11.6 Å². The van der Waals surface area contributed by atoms with Crippen molar-refractivity contribution < 1.29 is 22.7 Å². The molecule has 2 aromatic rings. The molecule has 0 saturated carbocycles. The van der Waals surface area contributed by atoms with Crippen LogP contribution in [0.4, 0.5) is 0 Å². The van der Waals surface area contributed by atoms with Crippen molar-refractivity contribution in [1.29, 1.82) is 0 Å². The first-order chi connectivity index (χ1) is 9.91. The van der Waals surface area contributed by atoms with Gasteiger partial charge in [0.15, 0.2) is 0 Å². The van der Waals surface area contributed by atoms with Crippen molar-refractivity contribution in [2.24, 2.45) is 0 Å². The number of carboxylic acids is 1. The highest BCUT2D eigenvalue weighted by Gasteiger charge is 2.25. The lowest BCUT2D eigenvalue weighted by Gasteiger charge is -2.14. The molecule has 2 aromatic heterocycles. The molecule has 0 bridgehead atoms. The van der Waals surface area contributed by atoms with Gasteiger partial charge >= 0.3 is 5.97 Å². The van der Waals surface area contributed by atoms with Crippen LogP contribution in [0.3, 0.4) is 0 Å². The van der Waals surface area contributed by atoms with E-state index in [0.717, 1.165) is 22.1 Å². The van der Waals surface area contributed by atoms with Gasteiger partial charge in [0.25, 0.3) is 10.0 Å². The summed E-state index contributed by atoms with van der Waals surface area (Å²) in [6, 6.07) is 7.65. The summed E-state index contributed by atoms with van der Waals surface area (Å²) in [7, 11) is -2.44. The number of hydrogen-bond acceptors (Lipinski definition) is 5. The predicted octanol–water partition coefficient (Wildman–Crippen LogP) is 1.24. The Kier molecular flexibility index (Phi) is 4.39. The second-order valence-electron chi connectivity index (χ2n) is 4.32. The zero-order valence-corrected chi connectivity index (χ0v) is 12.1. The number of carboxylic acid groups (broad SMARTS) is 1. The summed E-state index contributed by atoms with van der Waals surface area (Å²) in [6.45, 7) is 0.211. The summed E-state index contributed by atoms with van der Waals surface area (Å²) in [4.78, 5) is 14.8. The zero-order chi connectivity index (χ0) is 15.5. The number of carbonyl (C=O) groups is 1. The van der Waals surface area contributed by atoms with Crippen LogP contribution in [0.15, 0.2) is 46.0 Å². The van der Waals surface area contributed by atoms with Crippen molar-refractivity contribution >= 4 is 16.0 Å². The van der Waals surface area contributed by atoms with Gasteiger partial charge in [-0.2, -0.15) is 4.31 Å². The average molecular weight is 310 g/mol. The predicted molar refractivity (Wildman–Crippen MR) is 73.4 cm³/mol. The number of pyridine rings is 1. The maximum atomic E-state index is 12.2. The van der Waals surface area contributed by atoms with Gasteiger partial charge in [-0.1, -0.05) is 6.07 Å². The quantitative estimate of drug-likeness (QED) is 0.861. The van der Waals surface area contributed by atoms with Crippen LogP contribution < -0.4 is 0 Å². The van der Waals surface area contributed by atoms with Gasteiger partial charge in [-0.25, -0.2) is 13.2 Å². The molecular weight excluding hydrogens is 296 g/mol. The Labute approximate surface area is 121 Å². The van der Waals surface area contributed by atoms with Crippen LogP contribution in [0.5, 0.6) is 0 Å². The molecule has 0 aliphatic rings. The molecule has 2 rings (SSSR count). The normalized spacial score (nSPS) is 11.7. The van der Waals surface area contributed by atoms with Gasteiger partial charge in [-0.15, -0.1) is 0 Å². The number of sulfonamides is 1. The van der Waals surface area contributed by atoms with Crippen LogP contribution >= 0.6 is 0 Å². The number of rotatable bonds is 6. The maximum Gasteiger partial charge on any atom is 0.371 e. The molecule has 0 saturated heterocycles. The summed E-state index contributed by atoms with van der Waals surface area (Å²) >= 11 is 0. The minimum absolute atomic E-state index is 0.211. The molecule has 7 nitrogen and oxygen atoms in total. The zero-order valence-electron chi connectivity index (χ0n) is 11.3. The smallest absolute Gasteiger partial charge is 0.371 e. The van der Waals surface area contributed by atoms with Gasteiger partial charge in [-0.3, -0.25) is 4.98 Å². The van der Waals surface area contributed by atoms with E-state index in [2.05, 4.69) is 4.98 Å². The lowest BCUT2D eigenvalue weighted by Crippen LogP contribution is -2.28. The number of furan rings is 1. The molecule has 2 heterocycles. The van der Waals surface area contributed by atoms with E-state index >= 15 is 0 Å². The minimum Gasteiger partial charge on any atom is -0.475 e. The fourth-order valence-corrected chi connectivity index (χ4v) is 2.74. The summed E-state index contributed by atoms with van der Waals surface area (Å²) in [5, 5.41) is 8.36. The Hall–Kier alpha value is -2.19. The van der Waals surface area contributed by atoms with Crippen molar-refractivity contribution in [2.75, 3.05) is 13.6 Å². The molecule has 8 heteroatoms. The Morgan fingerprint density at radius 2 is 2.10 bits per heavy atom. The standard InChI is InChI=1S/C13H14N2O5S/c1-15(9-7-10-4-2-3-8-14-10)21(18,19)12-6-5-11(20-12)13(16)17/h2-6,8H,7,9H2,1H3,(H,16,17). The average Bonchev–Trinajstić information content (AvgIpc) is 2.96. The summed E-state index contributed by atoms with van der Waals surface area (Å²) in [5.41, 5.74) is 0.769. The fourth-order valence-electron chi connectivity index (χ4n) is 1.67. The molecule has 0 aromatic carbocycles. The Balaban J connectivity index is 2.09. The number of nitrogens with zero attached hydrogens (tertiary/aromatic N) is 2. The highest BCUT2D eigenvalue weighted by Crippen LogP contribution is 2.18. The molecule has 0 atom stereocenters. The van der Waals surface area contributed by atoms with Crippen molar-refractivity contribution in [3.8, 4) is 0 Å². The van der Waals surface area contributed by atoms with Gasteiger partial charge in [-0.05, 0) is 24.3 Å². The first kappa shape index (κ1) is 15.2. The lowest BCUT2D eigenvalue weighted by molar-refractivity contribution is 0.0656. The monoisotopic (exact) mass is 310 g/mol. The molecule has 0 spiro atoms. The minimum atomic E-state index is -3.85. The van der Waals surface area contributed by atoms with Gasteiger partial charge in [0, 0.05) is 31.9 Å². The molecule has 0 aliphatic carbocycles. The second-order valence-corrected chi connectivity index (χ2v) is 6.30. The Morgan fingerprint density at radius 3 is 2.67 bits per heavy atom. The largest absolute Gasteiger partial charge is 0.475 e. The molecule has 112 valence electrons. The van der Waals surface area contributed by atoms with E-state index in [1.165, 1.54) is 7.05 Å². The molecule has 0 radical (unpaired) electrons. The van der Waals surface area contributed by atoms with Crippen LogP contribution in [0.1, 0.15) is 16.2 Å². The fraction of sp³-hybridized carbons (Fsp3) is 0.231. The first-order valence-electron chi connectivity index (χ1n) is 6.10. The third kappa shape index (κ3) is 3.47. The van der Waals surface area contributed by atoms with Crippen LogP contribution in [0.2, 0.25) is 0 Å². The highest BCUT2D eigenvalue weighted by molar-refractivity contribution is 7.89. The van der Waals surface area contributed by atoms with E-state index < -0.39 is 21.8 Å². The van der Waals surface area contributed by atoms with E-state index in [1.54, 1.807) is 18.3 Å². The maximum absolute atomic E-state index is 12.2. The molecule has 0 amide bonds. The van der Waals surface area contributed by atoms with E-state index in [1.807, 2.05) is 6.07 Å².